The summed E-state index contributed by atoms with van der Waals surface area (Å²) in [4.78, 5) is 11.8. The van der Waals surface area contributed by atoms with Gasteiger partial charge in [-0.15, -0.1) is 11.3 Å². The van der Waals surface area contributed by atoms with E-state index >= 15 is 0 Å². The number of thiophene rings is 1. The molecule has 0 aromatic carbocycles. The van der Waals surface area contributed by atoms with E-state index in [9.17, 15) is 0 Å². The number of aromatic nitrogens is 2. The summed E-state index contributed by atoms with van der Waals surface area (Å²) in [6, 6.07) is 6.32. The molecule has 0 amide bonds. The molecule has 102 valence electrons. The third-order valence-electron chi connectivity index (χ3n) is 2.81. The van der Waals surface area contributed by atoms with E-state index in [1.807, 2.05) is 6.07 Å². The van der Waals surface area contributed by atoms with Gasteiger partial charge in [0, 0.05) is 23.4 Å². The third-order valence-corrected chi connectivity index (χ3v) is 3.83. The first-order valence-corrected chi connectivity index (χ1v) is 7.61. The van der Waals surface area contributed by atoms with Crippen LogP contribution in [0.15, 0.2) is 18.2 Å². The Kier molecular flexibility index (Phi) is 4.53. The summed E-state index contributed by atoms with van der Waals surface area (Å²) in [5.74, 6) is 2.17. The Hall–Kier alpha value is -1.42. The van der Waals surface area contributed by atoms with Crippen molar-refractivity contribution in [2.75, 3.05) is 11.9 Å². The van der Waals surface area contributed by atoms with E-state index in [1.54, 1.807) is 11.3 Å². The fourth-order valence-electron chi connectivity index (χ4n) is 1.77. The number of hydrogen-bond acceptors (Lipinski definition) is 4. The number of hydrogen-bond donors (Lipinski definition) is 1. The van der Waals surface area contributed by atoms with Crippen molar-refractivity contribution in [2.24, 2.45) is 0 Å². The number of rotatable bonds is 5. The van der Waals surface area contributed by atoms with Gasteiger partial charge in [0.2, 0.25) is 0 Å². The second kappa shape index (κ2) is 6.15. The highest BCUT2D eigenvalue weighted by Crippen LogP contribution is 2.28. The van der Waals surface area contributed by atoms with E-state index in [1.165, 1.54) is 9.75 Å². The van der Waals surface area contributed by atoms with Gasteiger partial charge in [0.25, 0.3) is 0 Å². The Bertz CT molecular complexity index is 546. The quantitative estimate of drug-likeness (QED) is 0.875. The summed E-state index contributed by atoms with van der Waals surface area (Å²) in [5.41, 5.74) is 1.02. The molecular weight excluding hydrogens is 254 g/mol. The molecule has 1 N–H and O–H groups in total. The van der Waals surface area contributed by atoms with Crippen LogP contribution in [0.25, 0.3) is 10.6 Å². The lowest BCUT2D eigenvalue weighted by molar-refractivity contribution is 0.776. The van der Waals surface area contributed by atoms with Crippen LogP contribution in [0.4, 0.5) is 5.82 Å². The van der Waals surface area contributed by atoms with Crippen molar-refractivity contribution in [3.63, 3.8) is 0 Å². The van der Waals surface area contributed by atoms with Gasteiger partial charge in [0.1, 0.15) is 11.6 Å². The van der Waals surface area contributed by atoms with Crippen LogP contribution in [0.1, 0.15) is 43.8 Å². The molecule has 4 heteroatoms. The lowest BCUT2D eigenvalue weighted by atomic mass is 10.2. The van der Waals surface area contributed by atoms with Gasteiger partial charge in [-0.25, -0.2) is 9.97 Å². The zero-order chi connectivity index (χ0) is 13.8. The van der Waals surface area contributed by atoms with Crippen LogP contribution < -0.4 is 5.32 Å². The summed E-state index contributed by atoms with van der Waals surface area (Å²) in [5, 5.41) is 3.36. The Morgan fingerprint density at radius 2 is 2.05 bits per heavy atom. The average Bonchev–Trinajstić information content (AvgIpc) is 2.82. The molecular formula is C15H21N3S. The Labute approximate surface area is 119 Å². The first kappa shape index (κ1) is 14.0. The molecule has 19 heavy (non-hydrogen) atoms. The van der Waals surface area contributed by atoms with E-state index in [4.69, 9.17) is 0 Å². The largest absolute Gasteiger partial charge is 0.370 e. The third kappa shape index (κ3) is 3.53. The van der Waals surface area contributed by atoms with E-state index in [-0.39, 0.29) is 0 Å². The van der Waals surface area contributed by atoms with E-state index in [0.717, 1.165) is 30.3 Å². The summed E-state index contributed by atoms with van der Waals surface area (Å²) < 4.78 is 0. The monoisotopic (exact) mass is 275 g/mol. The smallest absolute Gasteiger partial charge is 0.133 e. The maximum Gasteiger partial charge on any atom is 0.133 e. The predicted octanol–water partition coefficient (Wildman–Crippen LogP) is 4.46. The van der Waals surface area contributed by atoms with Crippen molar-refractivity contribution >= 4 is 17.2 Å². The molecule has 0 aliphatic carbocycles. The van der Waals surface area contributed by atoms with Crippen molar-refractivity contribution in [1.82, 2.24) is 9.97 Å². The molecule has 0 aliphatic rings. The van der Waals surface area contributed by atoms with E-state index in [0.29, 0.717) is 5.92 Å². The minimum Gasteiger partial charge on any atom is -0.370 e. The topological polar surface area (TPSA) is 37.8 Å². The van der Waals surface area contributed by atoms with E-state index in [2.05, 4.69) is 55.1 Å². The standard InChI is InChI=1S/C15H21N3S/c1-5-8-16-14-9-12(13-7-6-11(4)19-13)17-15(18-14)10(2)3/h6-7,9-10H,5,8H2,1-4H3,(H,16,17,18). The number of nitrogens with zero attached hydrogens (tertiary/aromatic N) is 2. The van der Waals surface area contributed by atoms with Crippen molar-refractivity contribution in [2.45, 2.75) is 40.0 Å². The van der Waals surface area contributed by atoms with Crippen LogP contribution in [0.3, 0.4) is 0 Å². The van der Waals surface area contributed by atoms with Crippen molar-refractivity contribution in [3.05, 3.63) is 28.9 Å². The van der Waals surface area contributed by atoms with Gasteiger partial charge in [-0.3, -0.25) is 0 Å². The zero-order valence-corrected chi connectivity index (χ0v) is 12.8. The normalized spacial score (nSPS) is 11.0. The van der Waals surface area contributed by atoms with Gasteiger partial charge in [-0.1, -0.05) is 20.8 Å². The minimum atomic E-state index is 0.336. The highest BCUT2D eigenvalue weighted by atomic mass is 32.1. The molecule has 2 heterocycles. The molecule has 0 atom stereocenters. The molecule has 2 aromatic heterocycles. The van der Waals surface area contributed by atoms with Gasteiger partial charge < -0.3 is 5.32 Å². The molecule has 3 nitrogen and oxygen atoms in total. The van der Waals surface area contributed by atoms with E-state index < -0.39 is 0 Å². The minimum absolute atomic E-state index is 0.336. The fourth-order valence-corrected chi connectivity index (χ4v) is 2.59. The maximum absolute atomic E-state index is 4.68. The molecule has 0 aliphatic heterocycles. The lowest BCUT2D eigenvalue weighted by Crippen LogP contribution is -2.06. The Morgan fingerprint density at radius 3 is 2.63 bits per heavy atom. The highest BCUT2D eigenvalue weighted by Gasteiger charge is 2.10. The van der Waals surface area contributed by atoms with Crippen molar-refractivity contribution in [1.29, 1.82) is 0 Å². The SMILES string of the molecule is CCCNc1cc(-c2ccc(C)s2)nc(C(C)C)n1. The van der Waals surface area contributed by atoms with Gasteiger partial charge in [0.15, 0.2) is 0 Å². The predicted molar refractivity (Wildman–Crippen MR) is 83.0 cm³/mol. The van der Waals surface area contributed by atoms with Crippen LogP contribution in [0, 0.1) is 6.92 Å². The molecule has 0 saturated carbocycles. The number of aryl methyl sites for hydroxylation is 1. The molecule has 2 aromatic rings. The van der Waals surface area contributed by atoms with Crippen LogP contribution in [0.5, 0.6) is 0 Å². The summed E-state index contributed by atoms with van der Waals surface area (Å²) in [6.45, 7) is 9.47. The highest BCUT2D eigenvalue weighted by molar-refractivity contribution is 7.15. The van der Waals surface area contributed by atoms with Crippen molar-refractivity contribution in [3.8, 4) is 10.6 Å². The average molecular weight is 275 g/mol. The van der Waals surface area contributed by atoms with Gasteiger partial charge in [-0.05, 0) is 25.5 Å². The van der Waals surface area contributed by atoms with Crippen LogP contribution in [0.2, 0.25) is 0 Å². The maximum atomic E-state index is 4.68. The summed E-state index contributed by atoms with van der Waals surface area (Å²) in [7, 11) is 0. The molecule has 0 bridgehead atoms. The summed E-state index contributed by atoms with van der Waals surface area (Å²) in [6.07, 6.45) is 1.09. The number of anilines is 1. The Balaban J connectivity index is 2.39. The molecule has 0 fully saturated rings. The lowest BCUT2D eigenvalue weighted by Gasteiger charge is -2.10. The van der Waals surface area contributed by atoms with Crippen LogP contribution >= 0.6 is 11.3 Å². The van der Waals surface area contributed by atoms with Crippen LogP contribution in [-0.2, 0) is 0 Å². The van der Waals surface area contributed by atoms with Crippen LogP contribution in [-0.4, -0.2) is 16.5 Å². The Morgan fingerprint density at radius 1 is 1.26 bits per heavy atom. The fraction of sp³-hybridized carbons (Fsp3) is 0.467. The second-order valence-electron chi connectivity index (χ2n) is 4.99. The molecule has 0 spiro atoms. The van der Waals surface area contributed by atoms with Gasteiger partial charge in [-0.2, -0.15) is 0 Å². The first-order chi connectivity index (χ1) is 9.10. The second-order valence-corrected chi connectivity index (χ2v) is 6.28. The molecule has 0 unspecified atom stereocenters. The molecule has 2 rings (SSSR count). The zero-order valence-electron chi connectivity index (χ0n) is 12.0. The summed E-state index contributed by atoms with van der Waals surface area (Å²) >= 11 is 1.78. The van der Waals surface area contributed by atoms with Gasteiger partial charge >= 0.3 is 0 Å². The van der Waals surface area contributed by atoms with Crippen molar-refractivity contribution < 1.29 is 0 Å². The molecule has 0 saturated heterocycles. The van der Waals surface area contributed by atoms with Gasteiger partial charge in [0.05, 0.1) is 10.6 Å². The number of nitrogens with one attached hydrogen (secondary N) is 1. The first-order valence-electron chi connectivity index (χ1n) is 6.79. The molecule has 0 radical (unpaired) electrons.